The molecule has 4 rings (SSSR count). The van der Waals surface area contributed by atoms with Crippen LogP contribution in [0.1, 0.15) is 50.9 Å². The number of nitrogens with one attached hydrogen (secondary N) is 1. The van der Waals surface area contributed by atoms with Gasteiger partial charge in [0.15, 0.2) is 0 Å². The van der Waals surface area contributed by atoms with Crippen molar-refractivity contribution in [2.24, 2.45) is 11.6 Å². The van der Waals surface area contributed by atoms with E-state index in [0.29, 0.717) is 50.7 Å². The minimum atomic E-state index is -2.95. The van der Waals surface area contributed by atoms with Gasteiger partial charge >= 0.3 is 6.55 Å². The van der Waals surface area contributed by atoms with E-state index in [4.69, 9.17) is 34.8 Å². The number of aromatic nitrogens is 5. The van der Waals surface area contributed by atoms with Gasteiger partial charge in [-0.2, -0.15) is 13.9 Å². The Morgan fingerprint density at radius 2 is 1.98 bits per heavy atom. The van der Waals surface area contributed by atoms with Crippen molar-refractivity contribution in [1.82, 2.24) is 24.3 Å². The van der Waals surface area contributed by atoms with Crippen molar-refractivity contribution in [2.45, 2.75) is 45.2 Å². The summed E-state index contributed by atoms with van der Waals surface area (Å²) in [6.07, 6.45) is 8.82. The second-order valence-electron chi connectivity index (χ2n) is 9.47. The Labute approximate surface area is 255 Å². The Morgan fingerprint density at radius 1 is 1.19 bits per heavy atom. The maximum absolute atomic E-state index is 13.8. The highest BCUT2D eigenvalue weighted by molar-refractivity contribution is 6.31. The highest BCUT2D eigenvalue weighted by atomic mass is 35.5. The number of hydrogen-bond acceptors (Lipinski definition) is 8. The molecule has 3 aromatic heterocycles. The van der Waals surface area contributed by atoms with Gasteiger partial charge in [-0.1, -0.05) is 49.4 Å². The van der Waals surface area contributed by atoms with Crippen LogP contribution in [0.25, 0.3) is 22.5 Å². The zero-order chi connectivity index (χ0) is 31.1. The van der Waals surface area contributed by atoms with Crippen molar-refractivity contribution in [1.29, 1.82) is 0 Å². The van der Waals surface area contributed by atoms with E-state index >= 15 is 0 Å². The topological polar surface area (TPSA) is 150 Å². The number of rotatable bonds is 13. The number of unbranched alkanes of at least 4 members (excludes halogenated alkanes) is 2. The number of amides is 1. The van der Waals surface area contributed by atoms with Gasteiger partial charge in [0.25, 0.3) is 5.56 Å². The first-order valence-corrected chi connectivity index (χ1v) is 14.0. The molecule has 4 aromatic rings. The highest BCUT2D eigenvalue weighted by Gasteiger charge is 2.23. The minimum Gasteiger partial charge on any atom is -0.388 e. The molecule has 15 heteroatoms. The number of carbonyl (C=O) groups excluding carboxylic acids is 1. The molecule has 0 bridgehead atoms. The van der Waals surface area contributed by atoms with E-state index in [9.17, 15) is 18.4 Å². The lowest BCUT2D eigenvalue weighted by molar-refractivity contribution is -0.105. The number of hydrazine groups is 1. The summed E-state index contributed by atoms with van der Waals surface area (Å²) in [6, 6.07) is 8.79. The molecule has 1 amide bonds. The summed E-state index contributed by atoms with van der Waals surface area (Å²) in [6.45, 7) is -0.898. The van der Waals surface area contributed by atoms with E-state index in [1.807, 2.05) is 0 Å². The molecular weight excluding hydrogens is 603 g/mol. The Kier molecular flexibility index (Phi) is 10.5. The SMILES string of the molecule is CCCCCC(c1cc(-c2c(NC=O)cnn2C(F)F)ccn1)n1cnc(-c2cc(Cl)ccc2N(N)/C=C(\N)Cl)cc1=O. The lowest BCUT2D eigenvalue weighted by Gasteiger charge is -2.21. The molecule has 3 heterocycles. The number of nitrogens with zero attached hydrogens (tertiary/aromatic N) is 6. The summed E-state index contributed by atoms with van der Waals surface area (Å²) < 4.78 is 29.5. The van der Waals surface area contributed by atoms with Gasteiger partial charge in [-0.15, -0.1) is 0 Å². The van der Waals surface area contributed by atoms with E-state index < -0.39 is 12.6 Å². The molecule has 0 spiro atoms. The predicted molar refractivity (Wildman–Crippen MR) is 162 cm³/mol. The summed E-state index contributed by atoms with van der Waals surface area (Å²) in [5.41, 5.74) is 7.28. The molecule has 0 aliphatic carbocycles. The average molecular weight is 633 g/mol. The van der Waals surface area contributed by atoms with Crippen LogP contribution in [0.3, 0.4) is 0 Å². The van der Waals surface area contributed by atoms with E-state index in [2.05, 4.69) is 27.3 Å². The second-order valence-corrected chi connectivity index (χ2v) is 10.3. The molecule has 1 unspecified atom stereocenters. The monoisotopic (exact) mass is 631 g/mol. The van der Waals surface area contributed by atoms with E-state index in [1.54, 1.807) is 24.3 Å². The first kappa shape index (κ1) is 31.6. The van der Waals surface area contributed by atoms with Crippen LogP contribution in [0.5, 0.6) is 0 Å². The van der Waals surface area contributed by atoms with Crippen molar-refractivity contribution in [3.8, 4) is 22.5 Å². The van der Waals surface area contributed by atoms with Gasteiger partial charge in [0.05, 0.1) is 53.2 Å². The van der Waals surface area contributed by atoms with Crippen LogP contribution in [0.2, 0.25) is 5.02 Å². The Hall–Kier alpha value is -4.33. The standard InChI is InChI=1S/C28H29Cl2F2N9O2/c1-2-3-4-5-24(21-10-17(8-9-35-21)27-22(37-16-42)13-38-41(27)28(31)32)39-15-36-20(12-26(39)43)19-11-18(29)6-7-23(19)40(34)14-25(30)33/h6-16,24,28H,2-5,33-34H2,1H3,(H,37,42)/b25-14-. The number of hydrogen-bond donors (Lipinski definition) is 3. The van der Waals surface area contributed by atoms with Crippen molar-refractivity contribution < 1.29 is 13.6 Å². The van der Waals surface area contributed by atoms with Gasteiger partial charge in [0.1, 0.15) is 5.16 Å². The normalized spacial score (nSPS) is 12.4. The van der Waals surface area contributed by atoms with Crippen molar-refractivity contribution >= 4 is 41.0 Å². The van der Waals surface area contributed by atoms with Crippen LogP contribution >= 0.6 is 23.2 Å². The number of benzene rings is 1. The number of alkyl halides is 2. The average Bonchev–Trinajstić information content (AvgIpc) is 3.39. The maximum atomic E-state index is 13.8. The van der Waals surface area contributed by atoms with E-state index in [0.717, 1.165) is 25.5 Å². The predicted octanol–water partition coefficient (Wildman–Crippen LogP) is 5.63. The molecule has 0 saturated carbocycles. The smallest absolute Gasteiger partial charge is 0.333 e. The molecule has 43 heavy (non-hydrogen) atoms. The first-order valence-electron chi connectivity index (χ1n) is 13.2. The van der Waals surface area contributed by atoms with Crippen molar-refractivity contribution in [3.63, 3.8) is 0 Å². The van der Waals surface area contributed by atoms with Crippen molar-refractivity contribution in [3.05, 3.63) is 87.5 Å². The third-order valence-corrected chi connectivity index (χ3v) is 6.95. The van der Waals surface area contributed by atoms with Crippen molar-refractivity contribution in [2.75, 3.05) is 10.3 Å². The largest absolute Gasteiger partial charge is 0.388 e. The van der Waals surface area contributed by atoms with Crippen LogP contribution in [-0.2, 0) is 4.79 Å². The van der Waals surface area contributed by atoms with E-state index in [1.165, 1.54) is 40.4 Å². The fourth-order valence-corrected chi connectivity index (χ4v) is 4.97. The summed E-state index contributed by atoms with van der Waals surface area (Å²) >= 11 is 12.0. The summed E-state index contributed by atoms with van der Waals surface area (Å²) in [4.78, 5) is 33.7. The number of carbonyl (C=O) groups is 1. The molecule has 0 fully saturated rings. The molecule has 0 aliphatic heterocycles. The second kappa shape index (κ2) is 14.2. The Bertz CT molecular complexity index is 1670. The van der Waals surface area contributed by atoms with Gasteiger partial charge in [0.2, 0.25) is 6.41 Å². The number of halogens is 4. The zero-order valence-corrected chi connectivity index (χ0v) is 24.5. The molecule has 0 radical (unpaired) electrons. The number of pyridine rings is 1. The molecule has 0 aliphatic rings. The number of anilines is 2. The number of nitrogens with two attached hydrogens (primary N) is 2. The van der Waals surface area contributed by atoms with Gasteiger partial charge in [-0.25, -0.2) is 15.5 Å². The van der Waals surface area contributed by atoms with Gasteiger partial charge in [-0.05, 0) is 36.8 Å². The zero-order valence-electron chi connectivity index (χ0n) is 23.0. The lowest BCUT2D eigenvalue weighted by atomic mass is 10.0. The maximum Gasteiger partial charge on any atom is 0.333 e. The summed E-state index contributed by atoms with van der Waals surface area (Å²) in [7, 11) is 0. The molecule has 5 N–H and O–H groups in total. The Balaban J connectivity index is 1.80. The van der Waals surface area contributed by atoms with Crippen LogP contribution in [0.15, 0.2) is 71.3 Å². The molecular formula is C28H29Cl2F2N9O2. The molecule has 226 valence electrons. The Morgan fingerprint density at radius 3 is 2.65 bits per heavy atom. The third kappa shape index (κ3) is 7.37. The quantitative estimate of drug-likeness (QED) is 0.0564. The van der Waals surface area contributed by atoms with Crippen LogP contribution in [0.4, 0.5) is 20.2 Å². The van der Waals surface area contributed by atoms with E-state index in [-0.39, 0.29) is 22.1 Å². The lowest BCUT2D eigenvalue weighted by Crippen LogP contribution is -2.27. The van der Waals surface area contributed by atoms with Gasteiger partial charge < -0.3 is 11.1 Å². The summed E-state index contributed by atoms with van der Waals surface area (Å²) in [5.74, 6) is 6.11. The summed E-state index contributed by atoms with van der Waals surface area (Å²) in [5, 5.41) is 7.66. The first-order chi connectivity index (χ1) is 20.6. The fourth-order valence-electron chi connectivity index (χ4n) is 4.69. The molecule has 1 atom stereocenters. The van der Waals surface area contributed by atoms with Gasteiger partial charge in [-0.3, -0.25) is 24.1 Å². The third-order valence-electron chi connectivity index (χ3n) is 6.62. The van der Waals surface area contributed by atoms with Crippen LogP contribution in [0, 0.1) is 0 Å². The van der Waals surface area contributed by atoms with Gasteiger partial charge in [0, 0.05) is 28.4 Å². The molecule has 0 saturated heterocycles. The van der Waals surface area contributed by atoms with Crippen LogP contribution in [-0.4, -0.2) is 30.7 Å². The molecule has 11 nitrogen and oxygen atoms in total. The minimum absolute atomic E-state index is 0.00494. The highest BCUT2D eigenvalue weighted by Crippen LogP contribution is 2.34. The molecule has 1 aromatic carbocycles. The fraction of sp³-hybridized carbons (Fsp3) is 0.250. The van der Waals surface area contributed by atoms with Crippen LogP contribution < -0.4 is 27.5 Å².